The van der Waals surface area contributed by atoms with Crippen molar-refractivity contribution in [1.82, 2.24) is 14.9 Å². The Balaban J connectivity index is 1.67. The van der Waals surface area contributed by atoms with Gasteiger partial charge in [0.15, 0.2) is 0 Å². The summed E-state index contributed by atoms with van der Waals surface area (Å²) in [5, 5.41) is 4.01. The molecule has 26 heavy (non-hydrogen) atoms. The minimum Gasteiger partial charge on any atom is -0.489 e. The lowest BCUT2D eigenvalue weighted by Gasteiger charge is -2.29. The lowest BCUT2D eigenvalue weighted by molar-refractivity contribution is 0.116. The van der Waals surface area contributed by atoms with Gasteiger partial charge in [-0.05, 0) is 50.2 Å². The van der Waals surface area contributed by atoms with Crippen molar-refractivity contribution in [3.63, 3.8) is 0 Å². The molecule has 1 fully saturated rings. The molecule has 4 rings (SSSR count). The van der Waals surface area contributed by atoms with E-state index in [1.54, 1.807) is 12.1 Å². The summed E-state index contributed by atoms with van der Waals surface area (Å²) >= 11 is 0. The van der Waals surface area contributed by atoms with E-state index < -0.39 is 0 Å². The first kappa shape index (κ1) is 16.7. The lowest BCUT2D eigenvalue weighted by Crippen LogP contribution is -2.35. The number of piperidine rings is 1. The van der Waals surface area contributed by atoms with Crippen LogP contribution in [0.3, 0.4) is 0 Å². The summed E-state index contributed by atoms with van der Waals surface area (Å²) in [6.45, 7) is 2.06. The summed E-state index contributed by atoms with van der Waals surface area (Å²) in [6, 6.07) is 12.1. The van der Waals surface area contributed by atoms with Crippen molar-refractivity contribution in [1.29, 1.82) is 0 Å². The number of hydrogen-bond donors (Lipinski definition) is 1. The molecule has 0 aliphatic carbocycles. The Hall–Kier alpha value is -2.73. The van der Waals surface area contributed by atoms with Crippen LogP contribution in [-0.2, 0) is 0 Å². The van der Waals surface area contributed by atoms with Gasteiger partial charge in [0.25, 0.3) is 0 Å². The minimum absolute atomic E-state index is 0.180. The fourth-order valence-electron chi connectivity index (χ4n) is 3.26. The highest BCUT2D eigenvalue weighted by molar-refractivity contribution is 5.95. The van der Waals surface area contributed by atoms with Crippen LogP contribution >= 0.6 is 0 Å². The van der Waals surface area contributed by atoms with Crippen LogP contribution in [0.25, 0.3) is 10.9 Å². The zero-order chi connectivity index (χ0) is 17.9. The van der Waals surface area contributed by atoms with Gasteiger partial charge in [-0.1, -0.05) is 12.1 Å². The Morgan fingerprint density at radius 1 is 1.12 bits per heavy atom. The molecule has 3 aromatic rings. The van der Waals surface area contributed by atoms with Crippen LogP contribution in [0.2, 0.25) is 0 Å². The molecule has 1 N–H and O–H groups in total. The molecule has 134 valence electrons. The Labute approximate surface area is 151 Å². The molecule has 5 nitrogen and oxygen atoms in total. The van der Waals surface area contributed by atoms with Crippen molar-refractivity contribution in [2.45, 2.75) is 18.9 Å². The van der Waals surface area contributed by atoms with E-state index in [-0.39, 0.29) is 11.9 Å². The maximum Gasteiger partial charge on any atom is 0.145 e. The van der Waals surface area contributed by atoms with Gasteiger partial charge < -0.3 is 15.0 Å². The molecule has 6 heteroatoms. The standard InChI is InChI=1S/C20H21FN4O/c1-25-10-8-16(9-11-25)26-18-7-3-6-17-19(18)20(23-13-22-17)24-15-5-2-4-14(21)12-15/h2-7,12-13,16H,8-11H2,1H3,(H,22,23,24). The van der Waals surface area contributed by atoms with Gasteiger partial charge >= 0.3 is 0 Å². The van der Waals surface area contributed by atoms with Gasteiger partial charge in [0, 0.05) is 18.8 Å². The third-order valence-corrected chi connectivity index (χ3v) is 4.67. The Bertz CT molecular complexity index is 904. The number of nitrogens with zero attached hydrogens (tertiary/aromatic N) is 3. The fraction of sp³-hybridized carbons (Fsp3) is 0.300. The largest absolute Gasteiger partial charge is 0.489 e. The van der Waals surface area contributed by atoms with Gasteiger partial charge in [-0.15, -0.1) is 0 Å². The number of aromatic nitrogens is 2. The monoisotopic (exact) mass is 352 g/mol. The van der Waals surface area contributed by atoms with E-state index in [9.17, 15) is 4.39 Å². The van der Waals surface area contributed by atoms with Crippen molar-refractivity contribution in [3.05, 3.63) is 54.6 Å². The molecule has 0 bridgehead atoms. The Morgan fingerprint density at radius 3 is 2.73 bits per heavy atom. The third-order valence-electron chi connectivity index (χ3n) is 4.67. The second-order valence-electron chi connectivity index (χ2n) is 6.63. The van der Waals surface area contributed by atoms with Crippen molar-refractivity contribution < 1.29 is 9.13 Å². The van der Waals surface area contributed by atoms with Gasteiger partial charge in [0.2, 0.25) is 0 Å². The summed E-state index contributed by atoms with van der Waals surface area (Å²) in [4.78, 5) is 11.0. The maximum absolute atomic E-state index is 13.5. The molecule has 0 spiro atoms. The SMILES string of the molecule is CN1CCC(Oc2cccc3ncnc(Nc4cccc(F)c4)c23)CC1. The molecule has 1 aliphatic rings. The molecule has 2 heterocycles. The molecule has 0 saturated carbocycles. The van der Waals surface area contributed by atoms with E-state index in [1.165, 1.54) is 18.5 Å². The topological polar surface area (TPSA) is 50.3 Å². The van der Waals surface area contributed by atoms with E-state index in [0.717, 1.165) is 42.6 Å². The van der Waals surface area contributed by atoms with Crippen LogP contribution in [0.4, 0.5) is 15.9 Å². The summed E-state index contributed by atoms with van der Waals surface area (Å²) in [5.74, 6) is 1.08. The zero-order valence-electron chi connectivity index (χ0n) is 14.7. The highest BCUT2D eigenvalue weighted by Crippen LogP contribution is 2.33. The second-order valence-corrected chi connectivity index (χ2v) is 6.63. The average molecular weight is 352 g/mol. The average Bonchev–Trinajstić information content (AvgIpc) is 2.64. The molecule has 0 unspecified atom stereocenters. The van der Waals surface area contributed by atoms with Crippen LogP contribution in [-0.4, -0.2) is 41.1 Å². The smallest absolute Gasteiger partial charge is 0.145 e. The summed E-state index contributed by atoms with van der Waals surface area (Å²) in [7, 11) is 2.13. The summed E-state index contributed by atoms with van der Waals surface area (Å²) in [5.41, 5.74) is 1.43. The highest BCUT2D eigenvalue weighted by atomic mass is 19.1. The molecule has 0 atom stereocenters. The maximum atomic E-state index is 13.5. The number of ether oxygens (including phenoxy) is 1. The number of benzene rings is 2. The molecule has 2 aromatic carbocycles. The van der Waals surface area contributed by atoms with Crippen LogP contribution in [0.1, 0.15) is 12.8 Å². The van der Waals surface area contributed by atoms with Gasteiger partial charge in [0.1, 0.15) is 29.8 Å². The number of fused-ring (bicyclic) bond motifs is 1. The molecule has 0 radical (unpaired) electrons. The Kier molecular flexibility index (Phi) is 4.67. The van der Waals surface area contributed by atoms with Crippen molar-refractivity contribution in [2.75, 3.05) is 25.5 Å². The molecular formula is C20H21FN4O. The van der Waals surface area contributed by atoms with E-state index in [1.807, 2.05) is 18.2 Å². The van der Waals surface area contributed by atoms with Crippen molar-refractivity contribution in [3.8, 4) is 5.75 Å². The van der Waals surface area contributed by atoms with Crippen molar-refractivity contribution >= 4 is 22.4 Å². The molecule has 0 amide bonds. The van der Waals surface area contributed by atoms with Crippen molar-refractivity contribution in [2.24, 2.45) is 0 Å². The quantitative estimate of drug-likeness (QED) is 0.769. The fourth-order valence-corrected chi connectivity index (χ4v) is 3.26. The lowest BCUT2D eigenvalue weighted by atomic mass is 10.1. The number of nitrogens with one attached hydrogen (secondary N) is 1. The highest BCUT2D eigenvalue weighted by Gasteiger charge is 2.20. The Morgan fingerprint density at radius 2 is 1.92 bits per heavy atom. The second kappa shape index (κ2) is 7.25. The molecular weight excluding hydrogens is 331 g/mol. The van der Waals surface area contributed by atoms with E-state index in [0.29, 0.717) is 11.5 Å². The normalized spacial score (nSPS) is 15.9. The number of hydrogen-bond acceptors (Lipinski definition) is 5. The van der Waals surface area contributed by atoms with E-state index in [2.05, 4.69) is 27.2 Å². The predicted molar refractivity (Wildman–Crippen MR) is 100 cm³/mol. The van der Waals surface area contributed by atoms with Gasteiger partial charge in [0.05, 0.1) is 10.9 Å². The molecule has 1 aromatic heterocycles. The molecule has 1 saturated heterocycles. The first-order chi connectivity index (χ1) is 12.7. The number of halogens is 1. The summed E-state index contributed by atoms with van der Waals surface area (Å²) < 4.78 is 19.8. The first-order valence-electron chi connectivity index (χ1n) is 8.80. The van der Waals surface area contributed by atoms with Gasteiger partial charge in [-0.25, -0.2) is 14.4 Å². The minimum atomic E-state index is -0.295. The van der Waals surface area contributed by atoms with Gasteiger partial charge in [-0.2, -0.15) is 0 Å². The number of rotatable bonds is 4. The van der Waals surface area contributed by atoms with Crippen LogP contribution < -0.4 is 10.1 Å². The van der Waals surface area contributed by atoms with Crippen LogP contribution in [0.15, 0.2) is 48.8 Å². The van der Waals surface area contributed by atoms with E-state index >= 15 is 0 Å². The molecule has 1 aliphatic heterocycles. The van der Waals surface area contributed by atoms with Crippen LogP contribution in [0, 0.1) is 5.82 Å². The number of likely N-dealkylation sites (tertiary alicyclic amines) is 1. The van der Waals surface area contributed by atoms with E-state index in [4.69, 9.17) is 4.74 Å². The first-order valence-corrected chi connectivity index (χ1v) is 8.80. The third kappa shape index (κ3) is 3.60. The summed E-state index contributed by atoms with van der Waals surface area (Å²) in [6.07, 6.45) is 3.67. The van der Waals surface area contributed by atoms with Gasteiger partial charge in [-0.3, -0.25) is 0 Å². The van der Waals surface area contributed by atoms with Crippen LogP contribution in [0.5, 0.6) is 5.75 Å². The predicted octanol–water partition coefficient (Wildman–Crippen LogP) is 3.99. The zero-order valence-corrected chi connectivity index (χ0v) is 14.7. The number of anilines is 2.